The van der Waals surface area contributed by atoms with Gasteiger partial charge in [0.25, 0.3) is 0 Å². The number of hydrogen-bond acceptors (Lipinski definition) is 3. The third kappa shape index (κ3) is 2.58. The molecule has 0 amide bonds. The number of ether oxygens (including phenoxy) is 1. The molecule has 2 nitrogen and oxygen atoms in total. The molecule has 0 aromatic carbocycles. The zero-order chi connectivity index (χ0) is 10.6. The molecule has 78 valence electrons. The Balaban J connectivity index is 2.76. The molecule has 0 fully saturated rings. The van der Waals surface area contributed by atoms with Gasteiger partial charge in [0.1, 0.15) is 0 Å². The van der Waals surface area contributed by atoms with Crippen molar-refractivity contribution in [3.8, 4) is 0 Å². The van der Waals surface area contributed by atoms with Crippen molar-refractivity contribution in [3.63, 3.8) is 0 Å². The van der Waals surface area contributed by atoms with Crippen molar-refractivity contribution in [2.24, 2.45) is 0 Å². The number of carbonyl (C=O) groups is 1. The Labute approximate surface area is 88.9 Å². The Bertz CT molecular complexity index is 304. The van der Waals surface area contributed by atoms with Crippen molar-refractivity contribution in [2.75, 3.05) is 6.61 Å². The molecule has 0 aliphatic carbocycles. The molecule has 1 unspecified atom stereocenters. The monoisotopic (exact) mass is 212 g/mol. The van der Waals surface area contributed by atoms with E-state index in [9.17, 15) is 4.79 Å². The van der Waals surface area contributed by atoms with Crippen LogP contribution in [0.1, 0.15) is 36.6 Å². The van der Waals surface area contributed by atoms with Crippen LogP contribution >= 0.6 is 11.3 Å². The maximum absolute atomic E-state index is 11.6. The van der Waals surface area contributed by atoms with Crippen LogP contribution in [0.25, 0.3) is 0 Å². The molecule has 1 rings (SSSR count). The van der Waals surface area contributed by atoms with Crippen LogP contribution in [-0.4, -0.2) is 12.6 Å². The predicted octanol–water partition coefficient (Wildman–Crippen LogP) is 3.11. The summed E-state index contributed by atoms with van der Waals surface area (Å²) in [6, 6.07) is 2.07. The maximum atomic E-state index is 11.6. The van der Waals surface area contributed by atoms with Crippen molar-refractivity contribution < 1.29 is 9.53 Å². The van der Waals surface area contributed by atoms with Gasteiger partial charge in [-0.25, -0.2) is 0 Å². The van der Waals surface area contributed by atoms with Crippen molar-refractivity contribution in [3.05, 3.63) is 21.9 Å². The fraction of sp³-hybridized carbons (Fsp3) is 0.545. The molecule has 1 aromatic rings. The van der Waals surface area contributed by atoms with Crippen LogP contribution in [0.15, 0.2) is 11.4 Å². The lowest BCUT2D eigenvalue weighted by atomic mass is 9.99. The van der Waals surface area contributed by atoms with Gasteiger partial charge in [-0.2, -0.15) is 0 Å². The van der Waals surface area contributed by atoms with Gasteiger partial charge in [0.2, 0.25) is 0 Å². The van der Waals surface area contributed by atoms with E-state index in [0.29, 0.717) is 6.61 Å². The van der Waals surface area contributed by atoms with E-state index in [4.69, 9.17) is 4.74 Å². The normalized spacial score (nSPS) is 12.5. The highest BCUT2D eigenvalue weighted by Crippen LogP contribution is 2.25. The standard InChI is InChI=1S/C11H16O2S/c1-4-10(11(12)13-5-2)9-6-8(3)14-7-9/h6-7,10H,4-5H2,1-3H3. The third-order valence-corrected chi connectivity index (χ3v) is 3.01. The van der Waals surface area contributed by atoms with Crippen molar-refractivity contribution in [2.45, 2.75) is 33.1 Å². The summed E-state index contributed by atoms with van der Waals surface area (Å²) in [4.78, 5) is 12.8. The highest BCUT2D eigenvalue weighted by Gasteiger charge is 2.20. The van der Waals surface area contributed by atoms with Gasteiger partial charge in [-0.15, -0.1) is 11.3 Å². The van der Waals surface area contributed by atoms with E-state index in [1.165, 1.54) is 4.88 Å². The molecule has 0 radical (unpaired) electrons. The van der Waals surface area contributed by atoms with E-state index in [2.05, 4.69) is 6.07 Å². The van der Waals surface area contributed by atoms with Crippen LogP contribution in [0.2, 0.25) is 0 Å². The lowest BCUT2D eigenvalue weighted by molar-refractivity contribution is -0.145. The van der Waals surface area contributed by atoms with Crippen LogP contribution < -0.4 is 0 Å². The molecule has 0 bridgehead atoms. The Morgan fingerprint density at radius 3 is 2.71 bits per heavy atom. The predicted molar refractivity (Wildman–Crippen MR) is 58.7 cm³/mol. The summed E-state index contributed by atoms with van der Waals surface area (Å²) in [5.74, 6) is -0.187. The Morgan fingerprint density at radius 2 is 2.29 bits per heavy atom. The molecule has 0 spiro atoms. The first kappa shape index (κ1) is 11.2. The molecule has 1 atom stereocenters. The Morgan fingerprint density at radius 1 is 1.57 bits per heavy atom. The van der Waals surface area contributed by atoms with Crippen LogP contribution in [0.5, 0.6) is 0 Å². The molecule has 0 saturated carbocycles. The lowest BCUT2D eigenvalue weighted by Crippen LogP contribution is -2.14. The van der Waals surface area contributed by atoms with Crippen LogP contribution in [0, 0.1) is 6.92 Å². The van der Waals surface area contributed by atoms with Crippen molar-refractivity contribution in [1.29, 1.82) is 0 Å². The second kappa shape index (κ2) is 5.15. The number of esters is 1. The largest absolute Gasteiger partial charge is 0.466 e. The number of aryl methyl sites for hydroxylation is 1. The quantitative estimate of drug-likeness (QED) is 0.717. The van der Waals surface area contributed by atoms with Gasteiger partial charge in [-0.1, -0.05) is 6.92 Å². The molecular formula is C11H16O2S. The SMILES string of the molecule is CCOC(=O)C(CC)c1csc(C)c1. The maximum Gasteiger partial charge on any atom is 0.313 e. The summed E-state index contributed by atoms with van der Waals surface area (Å²) in [5.41, 5.74) is 1.09. The van der Waals surface area contributed by atoms with Crippen LogP contribution in [0.3, 0.4) is 0 Å². The first-order valence-corrected chi connectivity index (χ1v) is 5.78. The minimum Gasteiger partial charge on any atom is -0.466 e. The average molecular weight is 212 g/mol. The fourth-order valence-corrected chi connectivity index (χ4v) is 2.19. The molecule has 0 aliphatic heterocycles. The van der Waals surface area contributed by atoms with Crippen molar-refractivity contribution >= 4 is 17.3 Å². The summed E-state index contributed by atoms with van der Waals surface area (Å²) in [7, 11) is 0. The van der Waals surface area contributed by atoms with E-state index < -0.39 is 0 Å². The minimum atomic E-state index is -0.104. The summed E-state index contributed by atoms with van der Waals surface area (Å²) in [6.07, 6.45) is 0.801. The van der Waals surface area contributed by atoms with Gasteiger partial charge in [0, 0.05) is 4.88 Å². The molecule has 0 N–H and O–H groups in total. The lowest BCUT2D eigenvalue weighted by Gasteiger charge is -2.11. The van der Waals surface area contributed by atoms with E-state index in [-0.39, 0.29) is 11.9 Å². The van der Waals surface area contributed by atoms with Crippen molar-refractivity contribution in [1.82, 2.24) is 0 Å². The molecule has 0 aliphatic rings. The van der Waals surface area contributed by atoms with Gasteiger partial charge in [0.15, 0.2) is 0 Å². The van der Waals surface area contributed by atoms with Gasteiger partial charge in [-0.05, 0) is 37.3 Å². The Kier molecular flexibility index (Phi) is 4.14. The van der Waals surface area contributed by atoms with Gasteiger partial charge < -0.3 is 4.74 Å². The van der Waals surface area contributed by atoms with Gasteiger partial charge in [-0.3, -0.25) is 4.79 Å². The minimum absolute atomic E-state index is 0.0834. The van der Waals surface area contributed by atoms with Gasteiger partial charge >= 0.3 is 5.97 Å². The zero-order valence-electron chi connectivity index (χ0n) is 8.87. The zero-order valence-corrected chi connectivity index (χ0v) is 9.69. The number of hydrogen-bond donors (Lipinski definition) is 0. The first-order chi connectivity index (χ1) is 6.69. The van der Waals surface area contributed by atoms with Crippen LogP contribution in [0.4, 0.5) is 0 Å². The summed E-state index contributed by atoms with van der Waals surface area (Å²) in [5, 5.41) is 2.04. The molecule has 1 aromatic heterocycles. The second-order valence-electron chi connectivity index (χ2n) is 3.20. The average Bonchev–Trinajstić information content (AvgIpc) is 2.54. The summed E-state index contributed by atoms with van der Waals surface area (Å²) < 4.78 is 5.02. The van der Waals surface area contributed by atoms with E-state index in [1.807, 2.05) is 26.2 Å². The number of thiophene rings is 1. The first-order valence-electron chi connectivity index (χ1n) is 4.90. The molecular weight excluding hydrogens is 196 g/mol. The third-order valence-electron chi connectivity index (χ3n) is 2.13. The van der Waals surface area contributed by atoms with Crippen LogP contribution in [-0.2, 0) is 9.53 Å². The highest BCUT2D eigenvalue weighted by atomic mass is 32.1. The molecule has 14 heavy (non-hydrogen) atoms. The number of rotatable bonds is 4. The molecule has 3 heteroatoms. The second-order valence-corrected chi connectivity index (χ2v) is 4.32. The molecule has 0 saturated heterocycles. The van der Waals surface area contributed by atoms with E-state index in [1.54, 1.807) is 11.3 Å². The van der Waals surface area contributed by atoms with E-state index in [0.717, 1.165) is 12.0 Å². The summed E-state index contributed by atoms with van der Waals surface area (Å²) >= 11 is 1.68. The van der Waals surface area contributed by atoms with Gasteiger partial charge in [0.05, 0.1) is 12.5 Å². The molecule has 1 heterocycles. The summed E-state index contributed by atoms with van der Waals surface area (Å²) in [6.45, 7) is 6.35. The topological polar surface area (TPSA) is 26.3 Å². The van der Waals surface area contributed by atoms with E-state index >= 15 is 0 Å². The Hall–Kier alpha value is -0.830. The smallest absolute Gasteiger partial charge is 0.313 e. The number of carbonyl (C=O) groups excluding carboxylic acids is 1. The highest BCUT2D eigenvalue weighted by molar-refractivity contribution is 7.10. The fourth-order valence-electron chi connectivity index (χ4n) is 1.43.